The highest BCUT2D eigenvalue weighted by atomic mass is 32.1. The van der Waals surface area contributed by atoms with E-state index >= 15 is 0 Å². The normalized spacial score (nSPS) is 10.7. The second-order valence-corrected chi connectivity index (χ2v) is 5.31. The van der Waals surface area contributed by atoms with Crippen LogP contribution in [-0.2, 0) is 6.42 Å². The Bertz CT molecular complexity index is 622. The van der Waals surface area contributed by atoms with E-state index in [1.54, 1.807) is 13.0 Å². The van der Waals surface area contributed by atoms with Crippen molar-refractivity contribution in [2.24, 2.45) is 0 Å². The van der Waals surface area contributed by atoms with Gasteiger partial charge < -0.3 is 5.11 Å². The molecule has 0 bridgehead atoms. The molecule has 100 valence electrons. The number of nitrogens with zero attached hydrogens (tertiary/aromatic N) is 1. The quantitative estimate of drug-likeness (QED) is 0.923. The average molecular weight is 279 g/mol. The number of carbonyl (C=O) groups is 1. The van der Waals surface area contributed by atoms with Gasteiger partial charge in [0.05, 0.1) is 5.69 Å². The number of benzene rings is 1. The van der Waals surface area contributed by atoms with E-state index in [1.807, 2.05) is 6.92 Å². The smallest absolute Gasteiger partial charge is 0.347 e. The van der Waals surface area contributed by atoms with Crippen LogP contribution < -0.4 is 0 Å². The van der Waals surface area contributed by atoms with Crippen LogP contribution in [0.5, 0.6) is 0 Å². The van der Waals surface area contributed by atoms with E-state index in [9.17, 15) is 14.3 Å². The minimum atomic E-state index is -0.952. The fourth-order valence-electron chi connectivity index (χ4n) is 1.91. The molecule has 0 unspecified atom stereocenters. The SMILES string of the molecule is CCCc1nc(-c2ccc(F)cc2C)sc1C(=O)O. The van der Waals surface area contributed by atoms with Crippen LogP contribution in [0, 0.1) is 12.7 Å². The summed E-state index contributed by atoms with van der Waals surface area (Å²) in [7, 11) is 0. The molecule has 0 spiro atoms. The highest BCUT2D eigenvalue weighted by Gasteiger charge is 2.18. The summed E-state index contributed by atoms with van der Waals surface area (Å²) in [6.07, 6.45) is 1.48. The molecule has 0 aliphatic carbocycles. The van der Waals surface area contributed by atoms with Crippen LogP contribution in [0.2, 0.25) is 0 Å². The Hall–Kier alpha value is -1.75. The van der Waals surface area contributed by atoms with Gasteiger partial charge in [0.15, 0.2) is 0 Å². The van der Waals surface area contributed by atoms with E-state index in [2.05, 4.69) is 4.98 Å². The highest BCUT2D eigenvalue weighted by molar-refractivity contribution is 7.17. The summed E-state index contributed by atoms with van der Waals surface area (Å²) in [6, 6.07) is 4.44. The molecule has 1 heterocycles. The van der Waals surface area contributed by atoms with Gasteiger partial charge in [-0.25, -0.2) is 14.2 Å². The summed E-state index contributed by atoms with van der Waals surface area (Å²) in [6.45, 7) is 3.77. The number of aromatic nitrogens is 1. The molecular weight excluding hydrogens is 265 g/mol. The zero-order valence-electron chi connectivity index (χ0n) is 10.7. The summed E-state index contributed by atoms with van der Waals surface area (Å²) < 4.78 is 13.1. The molecule has 0 atom stereocenters. The number of aromatic carboxylic acids is 1. The lowest BCUT2D eigenvalue weighted by Gasteiger charge is -2.01. The third kappa shape index (κ3) is 2.81. The van der Waals surface area contributed by atoms with Gasteiger partial charge in [-0.05, 0) is 37.1 Å². The van der Waals surface area contributed by atoms with Crippen molar-refractivity contribution in [3.63, 3.8) is 0 Å². The lowest BCUT2D eigenvalue weighted by Crippen LogP contribution is -1.98. The number of thiazole rings is 1. The summed E-state index contributed by atoms with van der Waals surface area (Å²) >= 11 is 1.15. The number of hydrogen-bond acceptors (Lipinski definition) is 3. The Kier molecular flexibility index (Phi) is 3.95. The van der Waals surface area contributed by atoms with Gasteiger partial charge >= 0.3 is 5.97 Å². The van der Waals surface area contributed by atoms with E-state index in [1.165, 1.54) is 12.1 Å². The monoisotopic (exact) mass is 279 g/mol. The molecular formula is C14H14FNO2S. The van der Waals surface area contributed by atoms with Crippen LogP contribution in [0.1, 0.15) is 34.3 Å². The van der Waals surface area contributed by atoms with Gasteiger partial charge in [0.2, 0.25) is 0 Å². The van der Waals surface area contributed by atoms with E-state index in [4.69, 9.17) is 0 Å². The molecule has 19 heavy (non-hydrogen) atoms. The largest absolute Gasteiger partial charge is 0.477 e. The molecule has 1 aromatic carbocycles. The van der Waals surface area contributed by atoms with E-state index in [0.717, 1.165) is 28.9 Å². The zero-order valence-corrected chi connectivity index (χ0v) is 11.6. The van der Waals surface area contributed by atoms with Crippen molar-refractivity contribution in [2.45, 2.75) is 26.7 Å². The summed E-state index contributed by atoms with van der Waals surface area (Å²) in [5.41, 5.74) is 2.16. The Morgan fingerprint density at radius 2 is 2.21 bits per heavy atom. The lowest BCUT2D eigenvalue weighted by molar-refractivity contribution is 0.0700. The van der Waals surface area contributed by atoms with Gasteiger partial charge in [-0.2, -0.15) is 0 Å². The predicted octanol–water partition coefficient (Wildman–Crippen LogP) is 3.91. The Morgan fingerprint density at radius 1 is 1.47 bits per heavy atom. The fraction of sp³-hybridized carbons (Fsp3) is 0.286. The van der Waals surface area contributed by atoms with Crippen molar-refractivity contribution in [1.82, 2.24) is 4.98 Å². The molecule has 0 amide bonds. The van der Waals surface area contributed by atoms with Gasteiger partial charge in [-0.15, -0.1) is 11.3 Å². The topological polar surface area (TPSA) is 50.2 Å². The van der Waals surface area contributed by atoms with Gasteiger partial charge in [0.25, 0.3) is 0 Å². The summed E-state index contributed by atoms with van der Waals surface area (Å²) in [5, 5.41) is 9.81. The second-order valence-electron chi connectivity index (χ2n) is 4.31. The number of aryl methyl sites for hydroxylation is 2. The Morgan fingerprint density at radius 3 is 2.79 bits per heavy atom. The first kappa shape index (κ1) is 13.7. The number of halogens is 1. The summed E-state index contributed by atoms with van der Waals surface area (Å²) in [4.78, 5) is 15.9. The van der Waals surface area contributed by atoms with Gasteiger partial charge in [-0.3, -0.25) is 0 Å². The lowest BCUT2D eigenvalue weighted by atomic mass is 10.1. The maximum Gasteiger partial charge on any atom is 0.347 e. The van der Waals surface area contributed by atoms with Crippen molar-refractivity contribution in [3.05, 3.63) is 40.2 Å². The van der Waals surface area contributed by atoms with Crippen LogP contribution in [0.25, 0.3) is 10.6 Å². The van der Waals surface area contributed by atoms with Crippen molar-refractivity contribution >= 4 is 17.3 Å². The summed E-state index contributed by atoms with van der Waals surface area (Å²) in [5.74, 6) is -1.25. The third-order valence-corrected chi connectivity index (χ3v) is 3.92. The molecule has 0 radical (unpaired) electrons. The second kappa shape index (κ2) is 5.48. The maximum absolute atomic E-state index is 13.1. The fourth-order valence-corrected chi connectivity index (χ4v) is 2.95. The van der Waals surface area contributed by atoms with Crippen LogP contribution in [0.15, 0.2) is 18.2 Å². The molecule has 0 saturated carbocycles. The molecule has 0 saturated heterocycles. The molecule has 0 aliphatic rings. The molecule has 5 heteroatoms. The number of carboxylic acids is 1. The minimum absolute atomic E-state index is 0.278. The van der Waals surface area contributed by atoms with Gasteiger partial charge in [0, 0.05) is 5.56 Å². The molecule has 0 fully saturated rings. The van der Waals surface area contributed by atoms with Crippen LogP contribution in [-0.4, -0.2) is 16.1 Å². The van der Waals surface area contributed by atoms with Crippen molar-refractivity contribution < 1.29 is 14.3 Å². The van der Waals surface area contributed by atoms with Crippen LogP contribution in [0.4, 0.5) is 4.39 Å². The van der Waals surface area contributed by atoms with Crippen LogP contribution >= 0.6 is 11.3 Å². The van der Waals surface area contributed by atoms with E-state index < -0.39 is 5.97 Å². The molecule has 0 aliphatic heterocycles. The van der Waals surface area contributed by atoms with E-state index in [-0.39, 0.29) is 10.7 Å². The van der Waals surface area contributed by atoms with Gasteiger partial charge in [-0.1, -0.05) is 13.3 Å². The number of rotatable bonds is 4. The van der Waals surface area contributed by atoms with Crippen molar-refractivity contribution in [3.8, 4) is 10.6 Å². The average Bonchev–Trinajstić information content (AvgIpc) is 2.73. The van der Waals surface area contributed by atoms with E-state index in [0.29, 0.717) is 17.1 Å². The van der Waals surface area contributed by atoms with Crippen LogP contribution in [0.3, 0.4) is 0 Å². The van der Waals surface area contributed by atoms with Gasteiger partial charge in [0.1, 0.15) is 15.7 Å². The first-order valence-corrected chi connectivity index (χ1v) is 6.84. The molecule has 1 aromatic heterocycles. The molecule has 2 aromatic rings. The Labute approximate surface area is 114 Å². The third-order valence-electron chi connectivity index (χ3n) is 2.80. The zero-order chi connectivity index (χ0) is 14.0. The first-order valence-electron chi connectivity index (χ1n) is 6.02. The molecule has 2 rings (SSSR count). The van der Waals surface area contributed by atoms with Crippen molar-refractivity contribution in [1.29, 1.82) is 0 Å². The minimum Gasteiger partial charge on any atom is -0.477 e. The highest BCUT2D eigenvalue weighted by Crippen LogP contribution is 2.31. The maximum atomic E-state index is 13.1. The number of hydrogen-bond donors (Lipinski definition) is 1. The molecule has 1 N–H and O–H groups in total. The standard InChI is InChI=1S/C14H14FNO2S/c1-3-4-11-12(14(17)18)19-13(16-11)10-6-5-9(15)7-8(10)2/h5-7H,3-4H2,1-2H3,(H,17,18). The number of carboxylic acid groups (broad SMARTS) is 1. The van der Waals surface area contributed by atoms with Crippen molar-refractivity contribution in [2.75, 3.05) is 0 Å². The molecule has 3 nitrogen and oxygen atoms in total. The predicted molar refractivity (Wildman–Crippen MR) is 73.2 cm³/mol. The Balaban J connectivity index is 2.50. The first-order chi connectivity index (χ1) is 9.02.